The molecule has 0 atom stereocenters. The van der Waals surface area contributed by atoms with E-state index in [-0.39, 0.29) is 29.4 Å². The zero-order chi connectivity index (χ0) is 12.1. The minimum absolute atomic E-state index is 0. The standard InChI is InChI=1S/C15H20N2.BrH.ClH/c1-14-4-10-16(11-5-14)8-3-9-17-12-6-15(2)7-13-17;;/h4-7,10-13H,3,8-9H2,1-2H3;2*1H/q+2;;/p-2. The van der Waals surface area contributed by atoms with Crippen molar-refractivity contribution in [1.82, 2.24) is 0 Å². The van der Waals surface area contributed by atoms with Crippen LogP contribution >= 0.6 is 0 Å². The van der Waals surface area contributed by atoms with Crippen molar-refractivity contribution in [1.29, 1.82) is 0 Å². The summed E-state index contributed by atoms with van der Waals surface area (Å²) >= 11 is 0. The van der Waals surface area contributed by atoms with Gasteiger partial charge in [0.05, 0.1) is 6.42 Å². The highest BCUT2D eigenvalue weighted by Crippen LogP contribution is 1.92. The Morgan fingerprint density at radius 3 is 1.37 bits per heavy atom. The van der Waals surface area contributed by atoms with Crippen LogP contribution in [0.1, 0.15) is 17.5 Å². The van der Waals surface area contributed by atoms with Gasteiger partial charge in [-0.3, -0.25) is 0 Å². The van der Waals surface area contributed by atoms with Gasteiger partial charge in [0.25, 0.3) is 0 Å². The predicted molar refractivity (Wildman–Crippen MR) is 67.4 cm³/mol. The Morgan fingerprint density at radius 2 is 1.05 bits per heavy atom. The second-order valence-electron chi connectivity index (χ2n) is 4.58. The van der Waals surface area contributed by atoms with Crippen LogP contribution in [-0.2, 0) is 13.1 Å². The summed E-state index contributed by atoms with van der Waals surface area (Å²) in [6, 6.07) is 8.61. The molecule has 0 spiro atoms. The van der Waals surface area contributed by atoms with Gasteiger partial charge in [0, 0.05) is 24.3 Å². The molecular formula is C15H20BrClN2. The molecule has 0 saturated heterocycles. The number of pyridine rings is 2. The number of aryl methyl sites for hydroxylation is 4. The quantitative estimate of drug-likeness (QED) is 0.500. The third-order valence-electron chi connectivity index (χ3n) is 2.95. The van der Waals surface area contributed by atoms with Crippen molar-refractivity contribution in [2.75, 3.05) is 0 Å². The van der Waals surface area contributed by atoms with Crippen LogP contribution in [0.4, 0.5) is 0 Å². The van der Waals surface area contributed by atoms with Crippen LogP contribution < -0.4 is 38.5 Å². The van der Waals surface area contributed by atoms with E-state index in [9.17, 15) is 0 Å². The van der Waals surface area contributed by atoms with Gasteiger partial charge in [-0.25, -0.2) is 9.13 Å². The fraction of sp³-hybridized carbons (Fsp3) is 0.333. The zero-order valence-corrected chi connectivity index (χ0v) is 13.7. The Morgan fingerprint density at radius 1 is 0.737 bits per heavy atom. The minimum Gasteiger partial charge on any atom is -1.00 e. The molecule has 2 nitrogen and oxygen atoms in total. The SMILES string of the molecule is Cc1cc[n+](CCC[n+]2ccc(C)cc2)cc1.[Br-].[Cl-]. The van der Waals surface area contributed by atoms with E-state index >= 15 is 0 Å². The molecule has 0 unspecified atom stereocenters. The molecule has 0 bridgehead atoms. The van der Waals surface area contributed by atoms with Crippen molar-refractivity contribution >= 4 is 0 Å². The Kier molecular flexibility index (Phi) is 8.61. The van der Waals surface area contributed by atoms with E-state index < -0.39 is 0 Å². The molecule has 0 radical (unpaired) electrons. The summed E-state index contributed by atoms with van der Waals surface area (Å²) in [4.78, 5) is 0. The maximum atomic E-state index is 2.24. The van der Waals surface area contributed by atoms with Crippen molar-refractivity contribution in [3.05, 3.63) is 60.2 Å². The van der Waals surface area contributed by atoms with Crippen LogP contribution in [-0.4, -0.2) is 0 Å². The van der Waals surface area contributed by atoms with Gasteiger partial charge in [0.1, 0.15) is 0 Å². The summed E-state index contributed by atoms with van der Waals surface area (Å²) in [6.07, 6.45) is 9.75. The normalized spacial score (nSPS) is 9.37. The van der Waals surface area contributed by atoms with Gasteiger partial charge >= 0.3 is 0 Å². The molecule has 0 amide bonds. The molecule has 104 valence electrons. The summed E-state index contributed by atoms with van der Waals surface area (Å²) in [5.41, 5.74) is 2.63. The predicted octanol–water partition coefficient (Wildman–Crippen LogP) is -4.02. The van der Waals surface area contributed by atoms with Gasteiger partial charge in [0.2, 0.25) is 0 Å². The Hall–Kier alpha value is -0.930. The average Bonchev–Trinajstić information content (AvgIpc) is 2.34. The summed E-state index contributed by atoms with van der Waals surface area (Å²) < 4.78 is 4.48. The minimum atomic E-state index is 0. The molecule has 2 rings (SSSR count). The highest BCUT2D eigenvalue weighted by atomic mass is 79.9. The fourth-order valence-corrected chi connectivity index (χ4v) is 1.80. The van der Waals surface area contributed by atoms with E-state index in [1.807, 2.05) is 0 Å². The van der Waals surface area contributed by atoms with Gasteiger partial charge in [-0.2, -0.15) is 0 Å². The molecule has 0 fully saturated rings. The Bertz CT molecular complexity index is 423. The van der Waals surface area contributed by atoms with Gasteiger partial charge in [-0.15, -0.1) is 0 Å². The molecule has 2 aromatic heterocycles. The third-order valence-corrected chi connectivity index (χ3v) is 2.95. The molecule has 0 saturated carbocycles. The number of rotatable bonds is 4. The molecule has 0 aliphatic heterocycles. The molecule has 0 aliphatic rings. The van der Waals surface area contributed by atoms with Gasteiger partial charge in [-0.1, -0.05) is 0 Å². The van der Waals surface area contributed by atoms with E-state index in [2.05, 4.69) is 72.0 Å². The van der Waals surface area contributed by atoms with Crippen molar-refractivity contribution in [3.63, 3.8) is 0 Å². The van der Waals surface area contributed by atoms with Crippen LogP contribution in [0.25, 0.3) is 0 Å². The van der Waals surface area contributed by atoms with E-state index in [1.54, 1.807) is 0 Å². The smallest absolute Gasteiger partial charge is 0.169 e. The first-order valence-electron chi connectivity index (χ1n) is 6.15. The lowest BCUT2D eigenvalue weighted by Gasteiger charge is -1.97. The lowest BCUT2D eigenvalue weighted by Crippen LogP contribution is -3.00. The molecular weight excluding hydrogens is 324 g/mol. The van der Waals surface area contributed by atoms with Crippen molar-refractivity contribution < 1.29 is 38.5 Å². The number of aromatic nitrogens is 2. The number of hydrogen-bond donors (Lipinski definition) is 0. The van der Waals surface area contributed by atoms with Crippen LogP contribution in [0.15, 0.2) is 49.1 Å². The molecule has 2 aromatic rings. The van der Waals surface area contributed by atoms with Crippen molar-refractivity contribution in [2.45, 2.75) is 33.4 Å². The summed E-state index contributed by atoms with van der Waals surface area (Å²) in [5.74, 6) is 0. The van der Waals surface area contributed by atoms with Gasteiger partial charge in [0.15, 0.2) is 37.9 Å². The number of hydrogen-bond acceptors (Lipinski definition) is 0. The molecule has 2 heterocycles. The second kappa shape index (κ2) is 9.05. The van der Waals surface area contributed by atoms with E-state index in [0.29, 0.717) is 0 Å². The van der Waals surface area contributed by atoms with Crippen LogP contribution in [0.2, 0.25) is 0 Å². The fourth-order valence-electron chi connectivity index (χ4n) is 1.80. The topological polar surface area (TPSA) is 7.76 Å². The first-order chi connectivity index (χ1) is 8.24. The third kappa shape index (κ3) is 6.17. The molecule has 0 aliphatic carbocycles. The first kappa shape index (κ1) is 18.1. The molecule has 19 heavy (non-hydrogen) atoms. The lowest BCUT2D eigenvalue weighted by molar-refractivity contribution is -0.727. The average molecular weight is 344 g/mol. The monoisotopic (exact) mass is 342 g/mol. The summed E-state index contributed by atoms with van der Waals surface area (Å²) in [6.45, 7) is 6.38. The Balaban J connectivity index is 0.00000162. The molecule has 0 N–H and O–H groups in total. The largest absolute Gasteiger partial charge is 1.00 e. The number of halogens is 2. The second-order valence-corrected chi connectivity index (χ2v) is 4.58. The number of nitrogens with zero attached hydrogens (tertiary/aromatic N) is 2. The van der Waals surface area contributed by atoms with E-state index in [1.165, 1.54) is 11.1 Å². The van der Waals surface area contributed by atoms with Gasteiger partial charge < -0.3 is 29.4 Å². The first-order valence-corrected chi connectivity index (χ1v) is 6.15. The molecule has 4 heteroatoms. The van der Waals surface area contributed by atoms with Crippen molar-refractivity contribution in [3.8, 4) is 0 Å². The molecule has 0 aromatic carbocycles. The Labute approximate surface area is 132 Å². The van der Waals surface area contributed by atoms with Gasteiger partial charge in [-0.05, 0) is 25.0 Å². The lowest BCUT2D eigenvalue weighted by atomic mass is 10.3. The highest BCUT2D eigenvalue weighted by Gasteiger charge is 2.03. The van der Waals surface area contributed by atoms with Crippen LogP contribution in [0, 0.1) is 13.8 Å². The summed E-state index contributed by atoms with van der Waals surface area (Å²) in [7, 11) is 0. The van der Waals surface area contributed by atoms with Crippen LogP contribution in [0.5, 0.6) is 0 Å². The van der Waals surface area contributed by atoms with E-state index in [4.69, 9.17) is 0 Å². The highest BCUT2D eigenvalue weighted by molar-refractivity contribution is 5.03. The summed E-state index contributed by atoms with van der Waals surface area (Å²) in [5, 5.41) is 0. The maximum absolute atomic E-state index is 2.24. The van der Waals surface area contributed by atoms with Crippen LogP contribution in [0.3, 0.4) is 0 Å². The van der Waals surface area contributed by atoms with E-state index in [0.717, 1.165) is 19.5 Å². The zero-order valence-electron chi connectivity index (χ0n) is 11.4. The van der Waals surface area contributed by atoms with Crippen molar-refractivity contribution in [2.24, 2.45) is 0 Å². The maximum Gasteiger partial charge on any atom is 0.169 e.